The summed E-state index contributed by atoms with van der Waals surface area (Å²) in [6.07, 6.45) is 3.74. The van der Waals surface area contributed by atoms with Gasteiger partial charge in [0.15, 0.2) is 5.82 Å². The molecule has 0 atom stereocenters. The van der Waals surface area contributed by atoms with Gasteiger partial charge in [0.1, 0.15) is 5.82 Å². The number of hydrogen-bond acceptors (Lipinski definition) is 2. The van der Waals surface area contributed by atoms with Crippen LogP contribution in [-0.4, -0.2) is 23.7 Å². The lowest BCUT2D eigenvalue weighted by molar-refractivity contribution is 0.984. The van der Waals surface area contributed by atoms with Crippen LogP contribution in [0.1, 0.15) is 33.4 Å². The maximum Gasteiger partial charge on any atom is 0.165 e. The summed E-state index contributed by atoms with van der Waals surface area (Å²) in [5.74, 6) is 1.71. The van der Waals surface area contributed by atoms with Crippen LogP contribution in [0.4, 0.5) is 0 Å². The molecule has 5 heteroatoms. The third-order valence-electron chi connectivity index (χ3n) is 13.0. The second-order valence-electron chi connectivity index (χ2n) is 17.6. The van der Waals surface area contributed by atoms with Gasteiger partial charge in [-0.15, -0.1) is 0 Å². The van der Waals surface area contributed by atoms with Crippen molar-refractivity contribution in [3.8, 4) is 39.6 Å². The van der Waals surface area contributed by atoms with Crippen molar-refractivity contribution >= 4 is 65.4 Å². The first kappa shape index (κ1) is 37.0. The van der Waals surface area contributed by atoms with Gasteiger partial charge in [-0.3, -0.25) is 14.1 Å². The van der Waals surface area contributed by atoms with E-state index in [0.717, 1.165) is 72.7 Å². The number of fused-ring (bicyclic) bond motifs is 9. The fourth-order valence-corrected chi connectivity index (χ4v) is 10.1. The molecule has 0 aliphatic carbocycles. The number of nitrogens with zero attached hydrogens (tertiary/aromatic N) is 5. The molecular weight excluding hydrogens is 767 g/mol. The van der Waals surface area contributed by atoms with Crippen LogP contribution in [0.2, 0.25) is 0 Å². The highest BCUT2D eigenvalue weighted by molar-refractivity contribution is 6.13. The van der Waals surface area contributed by atoms with E-state index in [9.17, 15) is 0 Å². The summed E-state index contributed by atoms with van der Waals surface area (Å²) in [5.41, 5.74) is 19.6. The van der Waals surface area contributed by atoms with Gasteiger partial charge in [-0.2, -0.15) is 0 Å². The van der Waals surface area contributed by atoms with Crippen molar-refractivity contribution in [2.24, 2.45) is 0 Å². The molecule has 0 aliphatic heterocycles. The van der Waals surface area contributed by atoms with Crippen LogP contribution in [-0.2, 0) is 0 Å². The van der Waals surface area contributed by atoms with E-state index in [-0.39, 0.29) is 0 Å². The quantitative estimate of drug-likeness (QED) is 0.174. The fourth-order valence-electron chi connectivity index (χ4n) is 10.1. The topological polar surface area (TPSA) is 40.6 Å². The molecule has 0 saturated carbocycles. The summed E-state index contributed by atoms with van der Waals surface area (Å²) < 4.78 is 7.30. The first-order valence-corrected chi connectivity index (χ1v) is 21.8. The van der Waals surface area contributed by atoms with E-state index in [4.69, 9.17) is 4.98 Å². The molecule has 63 heavy (non-hydrogen) atoms. The Morgan fingerprint density at radius 1 is 0.333 bits per heavy atom. The van der Waals surface area contributed by atoms with Crippen molar-refractivity contribution in [3.05, 3.63) is 197 Å². The summed E-state index contributed by atoms with van der Waals surface area (Å²) in [6, 6.07) is 56.6. The minimum atomic E-state index is 0.854. The molecule has 0 saturated heterocycles. The second kappa shape index (κ2) is 13.9. The largest absolute Gasteiger partial charge is 0.305 e. The van der Waals surface area contributed by atoms with E-state index in [1.165, 1.54) is 65.7 Å². The Bertz CT molecular complexity index is 3680. The molecule has 0 aliphatic rings. The molecule has 0 bridgehead atoms. The van der Waals surface area contributed by atoms with Gasteiger partial charge in [-0.25, -0.2) is 4.98 Å². The summed E-state index contributed by atoms with van der Waals surface area (Å²) in [5, 5.41) is 7.31. The van der Waals surface area contributed by atoms with E-state index in [1.807, 2.05) is 12.4 Å². The van der Waals surface area contributed by atoms with E-state index in [2.05, 4.69) is 212 Å². The molecule has 5 aromatic heterocycles. The van der Waals surface area contributed by atoms with Crippen LogP contribution < -0.4 is 0 Å². The predicted octanol–water partition coefficient (Wildman–Crippen LogP) is 15.0. The standard InChI is InChI=1S/C58H45N5/c1-34-10-16-50-44(26-34)45-27-35(2)11-17-51(45)61(50)56-33-43(42-9-7-8-41(32-42)40-22-24-59-25-23-40)57(62-52-18-12-36(3)28-46(52)47-29-37(4)13-19-53(47)62)58(60-56)63-54-20-14-38(5)30-48(54)49-31-39(6)15-21-55(49)63/h7-33H,1-6H3. The van der Waals surface area contributed by atoms with Gasteiger partial charge in [0.2, 0.25) is 0 Å². The molecule has 0 fully saturated rings. The highest BCUT2D eigenvalue weighted by atomic mass is 15.2. The van der Waals surface area contributed by atoms with Crippen LogP contribution in [0.3, 0.4) is 0 Å². The predicted molar refractivity (Wildman–Crippen MR) is 264 cm³/mol. The molecule has 302 valence electrons. The van der Waals surface area contributed by atoms with Crippen LogP contribution in [0, 0.1) is 41.5 Å². The molecule has 12 rings (SSSR count). The summed E-state index contributed by atoms with van der Waals surface area (Å²) in [7, 11) is 0. The first-order chi connectivity index (χ1) is 30.7. The molecule has 0 amide bonds. The summed E-state index contributed by atoms with van der Waals surface area (Å²) >= 11 is 0. The Labute approximate surface area is 366 Å². The number of aryl methyl sites for hydroxylation is 6. The smallest absolute Gasteiger partial charge is 0.165 e. The lowest BCUT2D eigenvalue weighted by atomic mass is 9.98. The molecule has 12 aromatic rings. The Hall–Kier alpha value is -7.76. The molecule has 5 heterocycles. The molecule has 5 nitrogen and oxygen atoms in total. The van der Waals surface area contributed by atoms with Crippen molar-refractivity contribution in [2.75, 3.05) is 0 Å². The van der Waals surface area contributed by atoms with Crippen molar-refractivity contribution in [2.45, 2.75) is 41.5 Å². The Balaban J connectivity index is 1.33. The fraction of sp³-hybridized carbons (Fsp3) is 0.103. The Kier molecular flexibility index (Phi) is 8.16. The van der Waals surface area contributed by atoms with Gasteiger partial charge in [0.05, 0.1) is 38.8 Å². The molecule has 0 spiro atoms. The minimum Gasteiger partial charge on any atom is -0.305 e. The number of pyridine rings is 2. The summed E-state index contributed by atoms with van der Waals surface area (Å²) in [6.45, 7) is 13.1. The summed E-state index contributed by atoms with van der Waals surface area (Å²) in [4.78, 5) is 10.4. The highest BCUT2D eigenvalue weighted by Gasteiger charge is 2.27. The van der Waals surface area contributed by atoms with Crippen molar-refractivity contribution < 1.29 is 0 Å². The monoisotopic (exact) mass is 811 g/mol. The number of hydrogen-bond donors (Lipinski definition) is 0. The minimum absolute atomic E-state index is 0.854. The molecule has 0 radical (unpaired) electrons. The van der Waals surface area contributed by atoms with E-state index in [0.29, 0.717) is 0 Å². The van der Waals surface area contributed by atoms with Crippen LogP contribution in [0.15, 0.2) is 164 Å². The average molecular weight is 812 g/mol. The second-order valence-corrected chi connectivity index (χ2v) is 17.6. The molecule has 0 N–H and O–H groups in total. The Morgan fingerprint density at radius 2 is 0.714 bits per heavy atom. The van der Waals surface area contributed by atoms with Gasteiger partial charge in [0.25, 0.3) is 0 Å². The van der Waals surface area contributed by atoms with E-state index >= 15 is 0 Å². The molecule has 0 unspecified atom stereocenters. The van der Waals surface area contributed by atoms with Gasteiger partial charge in [-0.1, -0.05) is 88.0 Å². The SMILES string of the molecule is Cc1ccc2c(c1)c1cc(C)ccc1n2-c1cc(-c2cccc(-c3ccncc3)c2)c(-n2c3ccc(C)cc3c3cc(C)ccc32)c(-n2c3ccc(C)cc3c3cc(C)ccc32)n1. The van der Waals surface area contributed by atoms with E-state index in [1.54, 1.807) is 0 Å². The Morgan fingerprint density at radius 3 is 1.14 bits per heavy atom. The third-order valence-corrected chi connectivity index (χ3v) is 13.0. The van der Waals surface area contributed by atoms with Crippen molar-refractivity contribution in [3.63, 3.8) is 0 Å². The van der Waals surface area contributed by atoms with Gasteiger partial charge in [0, 0.05) is 50.3 Å². The number of benzene rings is 7. The van der Waals surface area contributed by atoms with Gasteiger partial charge in [-0.05, 0) is 155 Å². The zero-order valence-corrected chi connectivity index (χ0v) is 36.3. The average Bonchev–Trinajstić information content (AvgIpc) is 3.90. The third kappa shape index (κ3) is 5.76. The number of rotatable bonds is 5. The first-order valence-electron chi connectivity index (χ1n) is 21.8. The van der Waals surface area contributed by atoms with Crippen LogP contribution in [0.25, 0.3) is 105 Å². The van der Waals surface area contributed by atoms with Crippen molar-refractivity contribution in [1.29, 1.82) is 0 Å². The van der Waals surface area contributed by atoms with Crippen molar-refractivity contribution in [1.82, 2.24) is 23.7 Å². The highest BCUT2D eigenvalue weighted by Crippen LogP contribution is 2.44. The van der Waals surface area contributed by atoms with Gasteiger partial charge >= 0.3 is 0 Å². The number of aromatic nitrogens is 5. The normalized spacial score (nSPS) is 12.0. The lowest BCUT2D eigenvalue weighted by Crippen LogP contribution is -2.11. The van der Waals surface area contributed by atoms with Crippen LogP contribution in [0.5, 0.6) is 0 Å². The maximum absolute atomic E-state index is 6.02. The molecule has 7 aromatic carbocycles. The zero-order valence-electron chi connectivity index (χ0n) is 36.3. The van der Waals surface area contributed by atoms with Crippen LogP contribution >= 0.6 is 0 Å². The van der Waals surface area contributed by atoms with E-state index < -0.39 is 0 Å². The van der Waals surface area contributed by atoms with Gasteiger partial charge < -0.3 is 4.57 Å². The zero-order chi connectivity index (χ0) is 42.7. The molecular formula is C58H45N5. The maximum atomic E-state index is 6.02. The lowest BCUT2D eigenvalue weighted by Gasteiger charge is -2.22.